The van der Waals surface area contributed by atoms with Crippen LogP contribution in [0.2, 0.25) is 0 Å². The second-order valence-corrected chi connectivity index (χ2v) is 8.25. The Balaban J connectivity index is 2.06. The predicted molar refractivity (Wildman–Crippen MR) is 106 cm³/mol. The van der Waals surface area contributed by atoms with Crippen molar-refractivity contribution in [2.45, 2.75) is 23.6 Å². The Morgan fingerprint density at radius 2 is 1.52 bits per heavy atom. The van der Waals surface area contributed by atoms with Crippen LogP contribution in [0.1, 0.15) is 21.5 Å². The number of rotatable bonds is 5. The quantitative estimate of drug-likeness (QED) is 0.269. The van der Waals surface area contributed by atoms with Gasteiger partial charge in [-0.25, -0.2) is 13.2 Å². The van der Waals surface area contributed by atoms with Crippen molar-refractivity contribution < 1.29 is 22.9 Å². The number of para-hydroxylation sites is 1. The Hall–Kier alpha value is -3.52. The minimum atomic E-state index is -4.34. The topological polar surface area (TPSA) is 104 Å². The van der Waals surface area contributed by atoms with Gasteiger partial charge in [0.15, 0.2) is 0 Å². The molecule has 3 aromatic rings. The summed E-state index contributed by atoms with van der Waals surface area (Å²) < 4.78 is 31.6. The zero-order valence-electron chi connectivity index (χ0n) is 15.7. The molecular weight excluding hydrogens is 394 g/mol. The van der Waals surface area contributed by atoms with Gasteiger partial charge in [-0.2, -0.15) is 0 Å². The Kier molecular flexibility index (Phi) is 5.47. The van der Waals surface area contributed by atoms with E-state index in [9.17, 15) is 23.3 Å². The Morgan fingerprint density at radius 3 is 2.17 bits per heavy atom. The van der Waals surface area contributed by atoms with E-state index in [0.29, 0.717) is 0 Å². The van der Waals surface area contributed by atoms with E-state index < -0.39 is 31.3 Å². The van der Waals surface area contributed by atoms with Gasteiger partial charge in [-0.1, -0.05) is 30.3 Å². The van der Waals surface area contributed by atoms with Crippen LogP contribution in [0, 0.1) is 24.0 Å². The monoisotopic (exact) mass is 411 g/mol. The summed E-state index contributed by atoms with van der Waals surface area (Å²) in [6.45, 7) is 3.77. The van der Waals surface area contributed by atoms with Gasteiger partial charge in [0.1, 0.15) is 10.6 Å². The third-order valence-electron chi connectivity index (χ3n) is 4.44. The molecular formula is C21H17NO6S. The van der Waals surface area contributed by atoms with Crippen molar-refractivity contribution >= 4 is 21.5 Å². The summed E-state index contributed by atoms with van der Waals surface area (Å²) >= 11 is 0. The van der Waals surface area contributed by atoms with Crippen LogP contribution >= 0.6 is 0 Å². The van der Waals surface area contributed by atoms with E-state index in [-0.39, 0.29) is 16.2 Å². The molecule has 0 aliphatic heterocycles. The minimum Gasteiger partial charge on any atom is -0.423 e. The molecule has 0 unspecified atom stereocenters. The predicted octanol–water partition coefficient (Wildman–Crippen LogP) is 4.26. The van der Waals surface area contributed by atoms with E-state index in [0.717, 1.165) is 23.3 Å². The van der Waals surface area contributed by atoms with Gasteiger partial charge < -0.3 is 4.74 Å². The fourth-order valence-corrected chi connectivity index (χ4v) is 4.37. The molecule has 0 fully saturated rings. The van der Waals surface area contributed by atoms with Gasteiger partial charge in [0.25, 0.3) is 5.69 Å². The highest BCUT2D eigenvalue weighted by Gasteiger charge is 2.31. The molecule has 3 aromatic carbocycles. The summed E-state index contributed by atoms with van der Waals surface area (Å²) in [5.41, 5.74) is 1.16. The number of ether oxygens (including phenoxy) is 1. The van der Waals surface area contributed by atoms with Gasteiger partial charge in [0, 0.05) is 6.07 Å². The smallest absolute Gasteiger partial charge is 0.344 e. The van der Waals surface area contributed by atoms with Gasteiger partial charge in [-0.05, 0) is 55.3 Å². The molecule has 0 aromatic heterocycles. The molecule has 0 spiro atoms. The van der Waals surface area contributed by atoms with E-state index in [1.54, 1.807) is 18.2 Å². The van der Waals surface area contributed by atoms with Crippen LogP contribution in [0.4, 0.5) is 5.69 Å². The zero-order valence-corrected chi connectivity index (χ0v) is 16.5. The molecule has 0 aliphatic carbocycles. The van der Waals surface area contributed by atoms with Crippen LogP contribution in [0.5, 0.6) is 5.75 Å². The molecule has 0 saturated carbocycles. The highest BCUT2D eigenvalue weighted by molar-refractivity contribution is 7.91. The fraction of sp³-hybridized carbons (Fsp3) is 0.0952. The number of carbonyl (C=O) groups excluding carboxylic acids is 1. The normalized spacial score (nSPS) is 11.1. The van der Waals surface area contributed by atoms with Crippen molar-refractivity contribution in [1.82, 2.24) is 0 Å². The van der Waals surface area contributed by atoms with Gasteiger partial charge in [0.05, 0.1) is 15.4 Å². The maximum absolute atomic E-state index is 13.1. The highest BCUT2D eigenvalue weighted by Crippen LogP contribution is 2.31. The number of hydrogen-bond acceptors (Lipinski definition) is 6. The number of nitro benzene ring substituents is 1. The highest BCUT2D eigenvalue weighted by atomic mass is 32.2. The average Bonchev–Trinajstić information content (AvgIpc) is 2.70. The molecule has 0 aliphatic rings. The maximum atomic E-state index is 13.1. The van der Waals surface area contributed by atoms with Crippen LogP contribution in [0.3, 0.4) is 0 Å². The van der Waals surface area contributed by atoms with E-state index in [4.69, 9.17) is 4.74 Å². The van der Waals surface area contributed by atoms with Crippen LogP contribution in [-0.4, -0.2) is 19.3 Å². The van der Waals surface area contributed by atoms with Gasteiger partial charge in [0.2, 0.25) is 9.84 Å². The molecule has 0 N–H and O–H groups in total. The first-order valence-electron chi connectivity index (χ1n) is 8.59. The fourth-order valence-electron chi connectivity index (χ4n) is 2.76. The molecule has 8 heteroatoms. The number of hydrogen-bond donors (Lipinski definition) is 0. The lowest BCUT2D eigenvalue weighted by molar-refractivity contribution is -0.387. The van der Waals surface area contributed by atoms with Crippen LogP contribution in [-0.2, 0) is 9.84 Å². The Morgan fingerprint density at radius 1 is 0.897 bits per heavy atom. The third kappa shape index (κ3) is 4.02. The van der Waals surface area contributed by atoms with Crippen molar-refractivity contribution in [3.63, 3.8) is 0 Å². The maximum Gasteiger partial charge on any atom is 0.344 e. The van der Waals surface area contributed by atoms with Gasteiger partial charge in [-0.3, -0.25) is 10.1 Å². The molecule has 0 bridgehead atoms. The number of nitro groups is 1. The van der Waals surface area contributed by atoms with Crippen molar-refractivity contribution in [2.24, 2.45) is 0 Å². The molecule has 0 atom stereocenters. The summed E-state index contributed by atoms with van der Waals surface area (Å²) in [4.78, 5) is 22.4. The molecule has 0 radical (unpaired) electrons. The SMILES string of the molecule is Cc1ccc(OC(=O)c2ccccc2S(=O)(=O)c2ccccc2[N+](=O)[O-])cc1C. The van der Waals surface area contributed by atoms with Gasteiger partial charge in [-0.15, -0.1) is 0 Å². The van der Waals surface area contributed by atoms with E-state index in [1.165, 1.54) is 36.4 Å². The number of aryl methyl sites for hydroxylation is 2. The summed E-state index contributed by atoms with van der Waals surface area (Å²) in [5, 5.41) is 11.3. The second kappa shape index (κ2) is 7.84. The number of benzene rings is 3. The third-order valence-corrected chi connectivity index (χ3v) is 6.30. The van der Waals surface area contributed by atoms with Crippen molar-refractivity contribution in [3.05, 3.63) is 93.5 Å². The first-order chi connectivity index (χ1) is 13.7. The summed E-state index contributed by atoms with van der Waals surface area (Å²) in [7, 11) is -4.34. The first kappa shape index (κ1) is 20.2. The standard InChI is InChI=1S/C21H17NO6S/c1-14-11-12-16(13-15(14)2)28-21(23)17-7-3-5-9-19(17)29(26,27)20-10-6-4-8-18(20)22(24)25/h3-13H,1-2H3. The average molecular weight is 411 g/mol. The number of esters is 1. The minimum absolute atomic E-state index is 0.205. The van der Waals surface area contributed by atoms with Crippen LogP contribution < -0.4 is 4.74 Å². The molecule has 7 nitrogen and oxygen atoms in total. The molecule has 0 heterocycles. The molecule has 0 saturated heterocycles. The molecule has 0 amide bonds. The molecule has 148 valence electrons. The lowest BCUT2D eigenvalue weighted by atomic mass is 10.1. The Labute approximate surface area is 167 Å². The number of carbonyl (C=O) groups is 1. The lowest BCUT2D eigenvalue weighted by Gasteiger charge is -2.11. The molecule has 3 rings (SSSR count). The lowest BCUT2D eigenvalue weighted by Crippen LogP contribution is -2.15. The summed E-state index contributed by atoms with van der Waals surface area (Å²) in [6.07, 6.45) is 0. The van der Waals surface area contributed by atoms with Gasteiger partial charge >= 0.3 is 5.97 Å². The van der Waals surface area contributed by atoms with Crippen molar-refractivity contribution in [2.75, 3.05) is 0 Å². The Bertz CT molecular complexity index is 1220. The van der Waals surface area contributed by atoms with Crippen LogP contribution in [0.15, 0.2) is 76.5 Å². The molecule has 29 heavy (non-hydrogen) atoms. The van der Waals surface area contributed by atoms with E-state index in [2.05, 4.69) is 0 Å². The number of nitrogens with zero attached hydrogens (tertiary/aromatic N) is 1. The van der Waals surface area contributed by atoms with E-state index in [1.807, 2.05) is 13.8 Å². The second-order valence-electron chi connectivity index (χ2n) is 6.36. The first-order valence-corrected chi connectivity index (χ1v) is 10.1. The van der Waals surface area contributed by atoms with Crippen molar-refractivity contribution in [1.29, 1.82) is 0 Å². The van der Waals surface area contributed by atoms with Crippen molar-refractivity contribution in [3.8, 4) is 5.75 Å². The summed E-state index contributed by atoms with van der Waals surface area (Å²) in [5.74, 6) is -0.595. The van der Waals surface area contributed by atoms with E-state index >= 15 is 0 Å². The number of sulfone groups is 1. The zero-order chi connectivity index (χ0) is 21.2. The van der Waals surface area contributed by atoms with Crippen LogP contribution in [0.25, 0.3) is 0 Å². The summed E-state index contributed by atoms with van der Waals surface area (Å²) in [6, 6.07) is 15.5. The largest absolute Gasteiger partial charge is 0.423 e.